The second-order valence-corrected chi connectivity index (χ2v) is 13.8. The first-order chi connectivity index (χ1) is 21.9. The van der Waals surface area contributed by atoms with Gasteiger partial charge >= 0.3 is 0 Å². The number of carbonyl (C=O) groups excluding carboxylic acids is 2. The Morgan fingerprint density at radius 3 is 2.04 bits per heavy atom. The first-order valence-electron chi connectivity index (χ1n) is 14.4. The van der Waals surface area contributed by atoms with Crippen LogP contribution in [0, 0.1) is 0 Å². The second kappa shape index (κ2) is 15.7. The van der Waals surface area contributed by atoms with Crippen molar-refractivity contribution in [3.8, 4) is 5.75 Å². The third kappa shape index (κ3) is 8.53. The summed E-state index contributed by atoms with van der Waals surface area (Å²) in [5.74, 6) is -0.929. The van der Waals surface area contributed by atoms with Crippen LogP contribution < -0.4 is 14.4 Å². The largest absolute Gasteiger partial charge is 0.495 e. The summed E-state index contributed by atoms with van der Waals surface area (Å²) in [4.78, 5) is 29.7. The van der Waals surface area contributed by atoms with Crippen LogP contribution in [0.1, 0.15) is 25.0 Å². The Bertz CT molecular complexity index is 1750. The number of rotatable bonds is 13. The van der Waals surface area contributed by atoms with Crippen molar-refractivity contribution in [2.24, 2.45) is 0 Å². The van der Waals surface area contributed by atoms with E-state index < -0.39 is 34.4 Å². The molecule has 1 N–H and O–H groups in total. The lowest BCUT2D eigenvalue weighted by Crippen LogP contribution is -2.54. The smallest absolute Gasteiger partial charge is 0.264 e. The van der Waals surface area contributed by atoms with Crippen molar-refractivity contribution in [2.45, 2.75) is 43.8 Å². The molecule has 4 aromatic carbocycles. The van der Waals surface area contributed by atoms with Crippen LogP contribution in [-0.4, -0.2) is 50.9 Å². The molecular formula is C34H34Cl3N3O5S. The van der Waals surface area contributed by atoms with Gasteiger partial charge in [0.1, 0.15) is 18.3 Å². The lowest BCUT2D eigenvalue weighted by atomic mass is 10.0. The maximum Gasteiger partial charge on any atom is 0.264 e. The molecule has 0 fully saturated rings. The summed E-state index contributed by atoms with van der Waals surface area (Å²) in [6.45, 7) is 2.75. The fourth-order valence-electron chi connectivity index (χ4n) is 4.88. The summed E-state index contributed by atoms with van der Waals surface area (Å²) < 4.78 is 34.9. The number of anilines is 1. The van der Waals surface area contributed by atoms with Gasteiger partial charge in [0.15, 0.2) is 0 Å². The van der Waals surface area contributed by atoms with Crippen molar-refractivity contribution >= 4 is 62.3 Å². The van der Waals surface area contributed by atoms with Crippen molar-refractivity contribution in [1.82, 2.24) is 10.2 Å². The highest BCUT2D eigenvalue weighted by atomic mass is 35.5. The molecule has 12 heteroatoms. The zero-order chi connectivity index (χ0) is 33.4. The Morgan fingerprint density at radius 2 is 1.46 bits per heavy atom. The van der Waals surface area contributed by atoms with Gasteiger partial charge in [-0.25, -0.2) is 8.42 Å². The SMILES string of the molecule is COc1ccc(Cl)cc1N(CC(=O)N(Cc1c(Cl)cccc1Cl)[C@@H](Cc1ccccc1)C(=O)NC(C)C)S(=O)(=O)c1ccccc1. The number of amides is 2. The number of sulfonamides is 1. The predicted octanol–water partition coefficient (Wildman–Crippen LogP) is 7.02. The predicted molar refractivity (Wildman–Crippen MR) is 183 cm³/mol. The van der Waals surface area contributed by atoms with Gasteiger partial charge in [-0.3, -0.25) is 13.9 Å². The Labute approximate surface area is 284 Å². The minimum atomic E-state index is -4.35. The van der Waals surface area contributed by atoms with Crippen molar-refractivity contribution in [2.75, 3.05) is 18.0 Å². The highest BCUT2D eigenvalue weighted by Gasteiger charge is 2.36. The molecule has 0 aliphatic heterocycles. The number of halogens is 3. The Morgan fingerprint density at radius 1 is 0.848 bits per heavy atom. The van der Waals surface area contributed by atoms with Gasteiger partial charge in [-0.05, 0) is 61.9 Å². The van der Waals surface area contributed by atoms with Gasteiger partial charge in [0.05, 0.1) is 17.7 Å². The van der Waals surface area contributed by atoms with Crippen molar-refractivity contribution in [3.05, 3.63) is 123 Å². The molecule has 46 heavy (non-hydrogen) atoms. The monoisotopic (exact) mass is 701 g/mol. The molecule has 0 radical (unpaired) electrons. The van der Waals surface area contributed by atoms with Gasteiger partial charge in [-0.1, -0.05) is 89.4 Å². The molecule has 2 amide bonds. The zero-order valence-corrected chi connectivity index (χ0v) is 28.6. The minimum absolute atomic E-state index is 0.0502. The van der Waals surface area contributed by atoms with Crippen LogP contribution in [0.15, 0.2) is 102 Å². The average molecular weight is 703 g/mol. The Kier molecular flexibility index (Phi) is 12.0. The molecule has 0 bridgehead atoms. The molecule has 242 valence electrons. The summed E-state index contributed by atoms with van der Waals surface area (Å²) in [7, 11) is -2.96. The van der Waals surface area contributed by atoms with E-state index in [-0.39, 0.29) is 40.4 Å². The molecule has 0 heterocycles. The lowest BCUT2D eigenvalue weighted by molar-refractivity contribution is -0.140. The van der Waals surface area contributed by atoms with Crippen molar-refractivity contribution < 1.29 is 22.7 Å². The average Bonchev–Trinajstić information content (AvgIpc) is 3.03. The summed E-state index contributed by atoms with van der Waals surface area (Å²) >= 11 is 19.4. The van der Waals surface area contributed by atoms with Crippen LogP contribution >= 0.6 is 34.8 Å². The van der Waals surface area contributed by atoms with Crippen LogP contribution in [0.4, 0.5) is 5.69 Å². The van der Waals surface area contributed by atoms with Crippen molar-refractivity contribution in [1.29, 1.82) is 0 Å². The van der Waals surface area contributed by atoms with Crippen molar-refractivity contribution in [3.63, 3.8) is 0 Å². The standard InChI is InChI=1S/C34H34Cl3N3O5S/c1-23(2)38-34(42)31(19-24-11-6-4-7-12-24)39(21-27-28(36)15-10-16-29(27)37)33(41)22-40(30-20-25(35)17-18-32(30)45-3)46(43,44)26-13-8-5-9-14-26/h4-18,20,23,31H,19,21-22H2,1-3H3,(H,38,42)/t31-/m0/s1. The maximum atomic E-state index is 14.6. The first kappa shape index (κ1) is 35.1. The third-order valence-electron chi connectivity index (χ3n) is 7.11. The molecule has 0 saturated carbocycles. The van der Waals surface area contributed by atoms with Gasteiger partial charge in [-0.2, -0.15) is 0 Å². The molecule has 1 atom stereocenters. The quantitative estimate of drug-likeness (QED) is 0.162. The Hall–Kier alpha value is -3.76. The van der Waals surface area contributed by atoms with E-state index in [1.807, 2.05) is 44.2 Å². The van der Waals surface area contributed by atoms with E-state index >= 15 is 0 Å². The molecule has 0 aromatic heterocycles. The maximum absolute atomic E-state index is 14.6. The van der Waals surface area contributed by atoms with Crippen LogP contribution in [-0.2, 0) is 32.6 Å². The van der Waals surface area contributed by atoms with E-state index in [9.17, 15) is 18.0 Å². The number of methoxy groups -OCH3 is 1. The van der Waals surface area contributed by atoms with Gasteiger partial charge in [0.2, 0.25) is 11.8 Å². The molecular weight excluding hydrogens is 669 g/mol. The van der Waals surface area contributed by atoms with E-state index in [4.69, 9.17) is 39.5 Å². The van der Waals surface area contributed by atoms with Gasteiger partial charge in [-0.15, -0.1) is 0 Å². The van der Waals surface area contributed by atoms with Gasteiger partial charge in [0, 0.05) is 39.6 Å². The lowest BCUT2D eigenvalue weighted by Gasteiger charge is -2.34. The number of benzene rings is 4. The minimum Gasteiger partial charge on any atom is -0.495 e. The third-order valence-corrected chi connectivity index (χ3v) is 9.83. The molecule has 4 rings (SSSR count). The normalized spacial score (nSPS) is 12.0. The van der Waals surface area contributed by atoms with E-state index in [2.05, 4.69) is 5.32 Å². The summed E-state index contributed by atoms with van der Waals surface area (Å²) in [5.41, 5.74) is 1.25. The first-order valence-corrected chi connectivity index (χ1v) is 17.0. The highest BCUT2D eigenvalue weighted by Crippen LogP contribution is 2.35. The fraction of sp³-hybridized carbons (Fsp3) is 0.235. The fourth-order valence-corrected chi connectivity index (χ4v) is 7.00. The number of nitrogens with one attached hydrogen (secondary N) is 1. The summed E-state index contributed by atoms with van der Waals surface area (Å²) in [5, 5.41) is 3.72. The van der Waals surface area contributed by atoms with Crippen LogP contribution in [0.25, 0.3) is 0 Å². The summed E-state index contributed by atoms with van der Waals surface area (Å²) in [6, 6.07) is 25.1. The number of hydrogen-bond acceptors (Lipinski definition) is 5. The number of nitrogens with zero attached hydrogens (tertiary/aromatic N) is 2. The molecule has 0 spiro atoms. The molecule has 0 aliphatic rings. The summed E-state index contributed by atoms with van der Waals surface area (Å²) in [6.07, 6.45) is 0.138. The number of carbonyl (C=O) groups is 2. The number of hydrogen-bond donors (Lipinski definition) is 1. The highest BCUT2D eigenvalue weighted by molar-refractivity contribution is 7.92. The molecule has 0 saturated heterocycles. The van der Waals surface area contributed by atoms with Crippen LogP contribution in [0.3, 0.4) is 0 Å². The van der Waals surface area contributed by atoms with Crippen LogP contribution in [0.5, 0.6) is 5.75 Å². The molecule has 8 nitrogen and oxygen atoms in total. The number of ether oxygens (including phenoxy) is 1. The van der Waals surface area contributed by atoms with E-state index in [0.717, 1.165) is 9.87 Å². The van der Waals surface area contributed by atoms with E-state index in [1.54, 1.807) is 42.5 Å². The molecule has 0 unspecified atom stereocenters. The van der Waals surface area contributed by atoms with Gasteiger partial charge < -0.3 is 15.0 Å². The second-order valence-electron chi connectivity index (χ2n) is 10.7. The zero-order valence-electron chi connectivity index (χ0n) is 25.5. The molecule has 0 aliphatic carbocycles. The molecule has 4 aromatic rings. The van der Waals surface area contributed by atoms with Gasteiger partial charge in [0.25, 0.3) is 10.0 Å². The van der Waals surface area contributed by atoms with Crippen LogP contribution in [0.2, 0.25) is 15.1 Å². The van der Waals surface area contributed by atoms with E-state index in [1.165, 1.54) is 36.3 Å². The van der Waals surface area contributed by atoms with E-state index in [0.29, 0.717) is 15.6 Å². The topological polar surface area (TPSA) is 96.0 Å². The Balaban J connectivity index is 1.88.